The van der Waals surface area contributed by atoms with Crippen LogP contribution in [0.1, 0.15) is 40.2 Å². The van der Waals surface area contributed by atoms with Crippen LogP contribution in [0.2, 0.25) is 0 Å². The highest BCUT2D eigenvalue weighted by molar-refractivity contribution is 7.99. The lowest BCUT2D eigenvalue weighted by Crippen LogP contribution is -2.45. The normalized spacial score (nSPS) is 11.7. The van der Waals surface area contributed by atoms with Gasteiger partial charge in [-0.15, -0.1) is 10.2 Å². The van der Waals surface area contributed by atoms with E-state index in [9.17, 15) is 9.59 Å². The van der Waals surface area contributed by atoms with Crippen LogP contribution in [0.25, 0.3) is 0 Å². The first kappa shape index (κ1) is 16.5. The number of carboxylic acids is 1. The number of carboxylic acid groups (broad SMARTS) is 1. The average molecular weight is 300 g/mol. The van der Waals surface area contributed by atoms with Crippen LogP contribution < -0.4 is 5.32 Å². The van der Waals surface area contributed by atoms with Gasteiger partial charge in [0.15, 0.2) is 5.16 Å². The van der Waals surface area contributed by atoms with Crippen molar-refractivity contribution in [2.45, 2.75) is 50.9 Å². The maximum Gasteiger partial charge on any atom is 0.305 e. The van der Waals surface area contributed by atoms with E-state index in [1.165, 1.54) is 11.8 Å². The minimum Gasteiger partial charge on any atom is -0.481 e. The minimum absolute atomic E-state index is 0.119. The van der Waals surface area contributed by atoms with E-state index >= 15 is 0 Å². The van der Waals surface area contributed by atoms with Crippen molar-refractivity contribution in [2.75, 3.05) is 5.75 Å². The summed E-state index contributed by atoms with van der Waals surface area (Å²) >= 11 is 1.28. The first-order valence-electron chi connectivity index (χ1n) is 6.26. The number of thioether (sulfide) groups is 1. The van der Waals surface area contributed by atoms with E-state index < -0.39 is 11.5 Å². The zero-order valence-electron chi connectivity index (χ0n) is 12.1. The molecule has 20 heavy (non-hydrogen) atoms. The van der Waals surface area contributed by atoms with Gasteiger partial charge in [-0.25, -0.2) is 0 Å². The van der Waals surface area contributed by atoms with Gasteiger partial charge in [0.25, 0.3) is 0 Å². The van der Waals surface area contributed by atoms with E-state index in [1.54, 1.807) is 20.2 Å². The van der Waals surface area contributed by atoms with E-state index in [1.807, 2.05) is 18.4 Å². The Balaban J connectivity index is 2.51. The first-order chi connectivity index (χ1) is 9.21. The largest absolute Gasteiger partial charge is 0.481 e. The molecule has 1 rings (SSSR count). The quantitative estimate of drug-likeness (QED) is 0.737. The molecule has 0 bridgehead atoms. The molecule has 0 radical (unpaired) electrons. The van der Waals surface area contributed by atoms with Crippen molar-refractivity contribution >= 4 is 23.6 Å². The van der Waals surface area contributed by atoms with E-state index in [2.05, 4.69) is 15.5 Å². The number of aliphatic carboxylic acids is 1. The molecule has 112 valence electrons. The Labute approximate surface area is 122 Å². The summed E-state index contributed by atoms with van der Waals surface area (Å²) in [5.74, 6) is -0.990. The molecule has 0 aromatic carbocycles. The molecular weight excluding hydrogens is 280 g/mol. The van der Waals surface area contributed by atoms with Gasteiger partial charge >= 0.3 is 5.97 Å². The number of aromatic nitrogens is 3. The highest BCUT2D eigenvalue weighted by atomic mass is 32.2. The van der Waals surface area contributed by atoms with Crippen LogP contribution >= 0.6 is 11.8 Å². The zero-order chi connectivity index (χ0) is 15.3. The molecule has 0 atom stereocenters. The number of hydrogen-bond acceptors (Lipinski definition) is 5. The lowest BCUT2D eigenvalue weighted by atomic mass is 10.0. The molecule has 0 saturated heterocycles. The molecule has 7 nitrogen and oxygen atoms in total. The van der Waals surface area contributed by atoms with Crippen molar-refractivity contribution in [3.05, 3.63) is 6.33 Å². The second kappa shape index (κ2) is 6.74. The molecule has 1 aromatic heterocycles. The highest BCUT2D eigenvalue weighted by Gasteiger charge is 2.24. The molecule has 8 heteroatoms. The van der Waals surface area contributed by atoms with Gasteiger partial charge in [0, 0.05) is 11.6 Å². The highest BCUT2D eigenvalue weighted by Crippen LogP contribution is 2.19. The van der Waals surface area contributed by atoms with Gasteiger partial charge in [-0.3, -0.25) is 9.59 Å². The minimum atomic E-state index is -0.942. The fourth-order valence-corrected chi connectivity index (χ4v) is 2.50. The number of nitrogens with zero attached hydrogens (tertiary/aromatic N) is 3. The summed E-state index contributed by atoms with van der Waals surface area (Å²) in [6.07, 6.45) is 1.50. The number of hydrogen-bond donors (Lipinski definition) is 2. The summed E-state index contributed by atoms with van der Waals surface area (Å²) < 4.78 is 1.88. The fraction of sp³-hybridized carbons (Fsp3) is 0.667. The van der Waals surface area contributed by atoms with Gasteiger partial charge in [-0.1, -0.05) is 11.8 Å². The first-order valence-corrected chi connectivity index (χ1v) is 7.25. The second-order valence-electron chi connectivity index (χ2n) is 5.41. The van der Waals surface area contributed by atoms with E-state index in [4.69, 9.17) is 5.11 Å². The Kier molecular flexibility index (Phi) is 5.55. The number of amides is 1. The predicted octanol–water partition coefficient (Wildman–Crippen LogP) is 1.32. The van der Waals surface area contributed by atoms with Crippen molar-refractivity contribution in [1.29, 1.82) is 0 Å². The number of carbonyl (C=O) groups excluding carboxylic acids is 1. The molecule has 0 fully saturated rings. The third-order valence-electron chi connectivity index (χ3n) is 2.50. The molecule has 1 aromatic rings. The van der Waals surface area contributed by atoms with Gasteiger partial charge < -0.3 is 15.0 Å². The maximum absolute atomic E-state index is 11.8. The molecule has 1 heterocycles. The van der Waals surface area contributed by atoms with Crippen molar-refractivity contribution in [3.8, 4) is 0 Å². The van der Waals surface area contributed by atoms with Crippen molar-refractivity contribution < 1.29 is 14.7 Å². The molecule has 0 aliphatic carbocycles. The molecule has 0 unspecified atom stereocenters. The summed E-state index contributed by atoms with van der Waals surface area (Å²) in [4.78, 5) is 22.5. The Morgan fingerprint density at radius 1 is 1.50 bits per heavy atom. The summed E-state index contributed by atoms with van der Waals surface area (Å²) in [5, 5.41) is 19.9. The summed E-state index contributed by atoms with van der Waals surface area (Å²) in [5.41, 5.74) is -0.769. The second-order valence-corrected chi connectivity index (χ2v) is 6.35. The Morgan fingerprint density at radius 2 is 2.15 bits per heavy atom. The van der Waals surface area contributed by atoms with Gasteiger partial charge in [0.05, 0.1) is 12.2 Å². The van der Waals surface area contributed by atoms with Crippen LogP contribution in [-0.2, 0) is 9.59 Å². The third-order valence-corrected chi connectivity index (χ3v) is 3.46. The molecular formula is C12H20N4O3S. The van der Waals surface area contributed by atoms with Crippen LogP contribution in [0.5, 0.6) is 0 Å². The average Bonchev–Trinajstić information content (AvgIpc) is 2.71. The van der Waals surface area contributed by atoms with Crippen molar-refractivity contribution in [3.63, 3.8) is 0 Å². The maximum atomic E-state index is 11.8. The fourth-order valence-electron chi connectivity index (χ4n) is 1.66. The van der Waals surface area contributed by atoms with Crippen molar-refractivity contribution in [1.82, 2.24) is 20.1 Å². The van der Waals surface area contributed by atoms with Crippen LogP contribution in [-0.4, -0.2) is 43.0 Å². The summed E-state index contributed by atoms with van der Waals surface area (Å²) in [7, 11) is 0. The van der Waals surface area contributed by atoms with Gasteiger partial charge in [0.2, 0.25) is 5.91 Å². The van der Waals surface area contributed by atoms with Crippen LogP contribution in [0, 0.1) is 0 Å². The lowest BCUT2D eigenvalue weighted by molar-refractivity contribution is -0.138. The number of nitrogens with one attached hydrogen (secondary N) is 1. The van der Waals surface area contributed by atoms with Crippen LogP contribution in [0.15, 0.2) is 11.5 Å². The Bertz CT molecular complexity index is 485. The third kappa shape index (κ3) is 5.20. The van der Waals surface area contributed by atoms with E-state index in [0.717, 1.165) is 0 Å². The van der Waals surface area contributed by atoms with Crippen LogP contribution in [0.3, 0.4) is 0 Å². The Morgan fingerprint density at radius 3 is 2.70 bits per heavy atom. The molecule has 0 spiro atoms. The van der Waals surface area contributed by atoms with Gasteiger partial charge in [-0.05, 0) is 27.7 Å². The molecule has 0 aliphatic rings. The van der Waals surface area contributed by atoms with Gasteiger partial charge in [-0.2, -0.15) is 0 Å². The van der Waals surface area contributed by atoms with Crippen molar-refractivity contribution in [2.24, 2.45) is 0 Å². The SMILES string of the molecule is CC(C)n1cnnc1SCC(=O)NC(C)(C)CC(=O)O. The molecule has 0 saturated carbocycles. The van der Waals surface area contributed by atoms with Crippen LogP contribution in [0.4, 0.5) is 0 Å². The number of carbonyl (C=O) groups is 2. The number of rotatable bonds is 7. The van der Waals surface area contributed by atoms with Gasteiger partial charge in [0.1, 0.15) is 6.33 Å². The molecule has 2 N–H and O–H groups in total. The summed E-state index contributed by atoms with van der Waals surface area (Å²) in [6, 6.07) is 0.221. The molecule has 0 aliphatic heterocycles. The van der Waals surface area contributed by atoms with E-state index in [0.29, 0.717) is 5.16 Å². The monoisotopic (exact) mass is 300 g/mol. The Hall–Kier alpha value is -1.57. The molecule has 1 amide bonds. The lowest BCUT2D eigenvalue weighted by Gasteiger charge is -2.24. The smallest absolute Gasteiger partial charge is 0.305 e. The standard InChI is InChI=1S/C12H20N4O3S/c1-8(2)16-7-13-15-11(16)20-6-9(17)14-12(3,4)5-10(18)19/h7-8H,5-6H2,1-4H3,(H,14,17)(H,18,19). The van der Waals surface area contributed by atoms with E-state index in [-0.39, 0.29) is 24.1 Å². The topological polar surface area (TPSA) is 97.1 Å². The summed E-state index contributed by atoms with van der Waals surface area (Å²) in [6.45, 7) is 7.37. The zero-order valence-corrected chi connectivity index (χ0v) is 12.9. The predicted molar refractivity (Wildman–Crippen MR) is 75.6 cm³/mol.